The summed E-state index contributed by atoms with van der Waals surface area (Å²) in [6.45, 7) is 0. The second-order valence-corrected chi connectivity index (χ2v) is 4.09. The van der Waals surface area contributed by atoms with Gasteiger partial charge >= 0.3 is 5.97 Å². The van der Waals surface area contributed by atoms with Crippen LogP contribution >= 0.6 is 0 Å². The van der Waals surface area contributed by atoms with E-state index in [4.69, 9.17) is 10.00 Å². The predicted molar refractivity (Wildman–Crippen MR) is 76.2 cm³/mol. The molecule has 0 aliphatic heterocycles. The van der Waals surface area contributed by atoms with E-state index in [-0.39, 0.29) is 5.57 Å². The van der Waals surface area contributed by atoms with Gasteiger partial charge in [0.15, 0.2) is 0 Å². The van der Waals surface area contributed by atoms with E-state index >= 15 is 0 Å². The van der Waals surface area contributed by atoms with Crippen molar-refractivity contribution in [2.75, 3.05) is 14.2 Å². The lowest BCUT2D eigenvalue weighted by atomic mass is 10.1. The number of ether oxygens (including phenoxy) is 2. The van der Waals surface area contributed by atoms with Crippen molar-refractivity contribution in [1.82, 2.24) is 10.2 Å². The summed E-state index contributed by atoms with van der Waals surface area (Å²) >= 11 is 0. The number of hydrogen-bond donors (Lipinski definition) is 1. The Bertz CT molecular complexity index is 709. The number of hydrogen-bond acceptors (Lipinski definition) is 5. The number of aromatic nitrogens is 2. The van der Waals surface area contributed by atoms with Gasteiger partial charge in [0.1, 0.15) is 17.4 Å². The Hall–Kier alpha value is -3.07. The van der Waals surface area contributed by atoms with Crippen LogP contribution in [0.25, 0.3) is 17.3 Å². The predicted octanol–water partition coefficient (Wildman–Crippen LogP) is 2.17. The first kappa shape index (κ1) is 14.3. The van der Waals surface area contributed by atoms with Crippen LogP contribution < -0.4 is 4.74 Å². The molecule has 106 valence electrons. The number of aromatic amines is 1. The first-order chi connectivity index (χ1) is 10.2. The van der Waals surface area contributed by atoms with E-state index in [2.05, 4.69) is 14.9 Å². The SMILES string of the molecule is COC(=O)/C(C#N)=C/c1cn[nH]c1-c1ccc(OC)cc1. The number of benzene rings is 1. The third-order valence-electron chi connectivity index (χ3n) is 2.87. The minimum atomic E-state index is -0.681. The number of H-pyrrole nitrogens is 1. The Kier molecular flexibility index (Phi) is 4.36. The van der Waals surface area contributed by atoms with E-state index in [1.807, 2.05) is 30.3 Å². The Morgan fingerprint density at radius 1 is 1.33 bits per heavy atom. The average Bonchev–Trinajstić information content (AvgIpc) is 3.00. The van der Waals surface area contributed by atoms with Gasteiger partial charge < -0.3 is 9.47 Å². The fourth-order valence-electron chi connectivity index (χ4n) is 1.80. The van der Waals surface area contributed by atoms with Gasteiger partial charge in [-0.1, -0.05) is 0 Å². The van der Waals surface area contributed by atoms with E-state index < -0.39 is 5.97 Å². The highest BCUT2D eigenvalue weighted by Crippen LogP contribution is 2.25. The zero-order valence-electron chi connectivity index (χ0n) is 11.6. The smallest absolute Gasteiger partial charge is 0.348 e. The Morgan fingerprint density at radius 2 is 2.05 bits per heavy atom. The number of carbonyl (C=O) groups is 1. The number of nitrogens with one attached hydrogen (secondary N) is 1. The third-order valence-corrected chi connectivity index (χ3v) is 2.87. The largest absolute Gasteiger partial charge is 0.497 e. The summed E-state index contributed by atoms with van der Waals surface area (Å²) in [6, 6.07) is 9.15. The number of nitrogens with zero attached hydrogens (tertiary/aromatic N) is 2. The molecule has 1 aromatic heterocycles. The molecule has 21 heavy (non-hydrogen) atoms. The number of nitriles is 1. The van der Waals surface area contributed by atoms with Gasteiger partial charge in [-0.05, 0) is 30.3 Å². The van der Waals surface area contributed by atoms with Crippen LogP contribution in [-0.4, -0.2) is 30.4 Å². The van der Waals surface area contributed by atoms with Crippen LogP contribution in [0.4, 0.5) is 0 Å². The molecule has 0 saturated heterocycles. The van der Waals surface area contributed by atoms with Crippen molar-refractivity contribution in [2.24, 2.45) is 0 Å². The number of esters is 1. The van der Waals surface area contributed by atoms with Gasteiger partial charge in [0, 0.05) is 11.1 Å². The summed E-state index contributed by atoms with van der Waals surface area (Å²) in [6.07, 6.45) is 2.98. The summed E-state index contributed by atoms with van der Waals surface area (Å²) in [5.41, 5.74) is 2.10. The highest BCUT2D eigenvalue weighted by molar-refractivity contribution is 5.98. The Morgan fingerprint density at radius 3 is 2.62 bits per heavy atom. The number of rotatable bonds is 4. The molecule has 2 rings (SSSR count). The van der Waals surface area contributed by atoms with Crippen LogP contribution in [0.3, 0.4) is 0 Å². The summed E-state index contributed by atoms with van der Waals surface area (Å²) < 4.78 is 9.65. The minimum Gasteiger partial charge on any atom is -0.497 e. The van der Waals surface area contributed by atoms with E-state index in [0.717, 1.165) is 11.3 Å². The molecule has 0 fully saturated rings. The molecule has 2 aromatic rings. The lowest BCUT2D eigenvalue weighted by molar-refractivity contribution is -0.135. The second-order valence-electron chi connectivity index (χ2n) is 4.09. The molecule has 0 amide bonds. The molecular formula is C15H13N3O3. The first-order valence-corrected chi connectivity index (χ1v) is 6.07. The molecule has 6 heteroatoms. The molecule has 1 aromatic carbocycles. The van der Waals surface area contributed by atoms with Crippen molar-refractivity contribution >= 4 is 12.0 Å². The Balaban J connectivity index is 2.40. The molecule has 1 N–H and O–H groups in total. The third kappa shape index (κ3) is 3.09. The van der Waals surface area contributed by atoms with E-state index in [9.17, 15) is 4.79 Å². The van der Waals surface area contributed by atoms with Crippen molar-refractivity contribution in [3.8, 4) is 23.1 Å². The quantitative estimate of drug-likeness (QED) is 0.527. The summed E-state index contributed by atoms with van der Waals surface area (Å²) in [4.78, 5) is 11.4. The van der Waals surface area contributed by atoms with Crippen molar-refractivity contribution < 1.29 is 14.3 Å². The van der Waals surface area contributed by atoms with E-state index in [1.165, 1.54) is 13.2 Å². The van der Waals surface area contributed by atoms with Crippen molar-refractivity contribution in [3.63, 3.8) is 0 Å². The highest BCUT2D eigenvalue weighted by atomic mass is 16.5. The van der Waals surface area contributed by atoms with Gasteiger partial charge in [-0.3, -0.25) is 5.10 Å². The molecule has 0 radical (unpaired) electrons. The van der Waals surface area contributed by atoms with Crippen LogP contribution in [0.2, 0.25) is 0 Å². The minimum absolute atomic E-state index is 0.0892. The lowest BCUT2D eigenvalue weighted by Gasteiger charge is -2.03. The monoisotopic (exact) mass is 283 g/mol. The van der Waals surface area contributed by atoms with E-state index in [0.29, 0.717) is 11.3 Å². The maximum absolute atomic E-state index is 11.4. The molecular weight excluding hydrogens is 270 g/mol. The van der Waals surface area contributed by atoms with E-state index in [1.54, 1.807) is 13.3 Å². The molecule has 1 heterocycles. The maximum Gasteiger partial charge on any atom is 0.348 e. The van der Waals surface area contributed by atoms with Crippen molar-refractivity contribution in [2.45, 2.75) is 0 Å². The first-order valence-electron chi connectivity index (χ1n) is 6.07. The number of carbonyl (C=O) groups excluding carboxylic acids is 1. The van der Waals surface area contributed by atoms with Gasteiger partial charge in [0.2, 0.25) is 0 Å². The fourth-order valence-corrected chi connectivity index (χ4v) is 1.80. The lowest BCUT2D eigenvalue weighted by Crippen LogP contribution is -2.02. The molecule has 0 bridgehead atoms. The molecule has 0 aliphatic rings. The van der Waals surface area contributed by atoms with Gasteiger partial charge in [0.25, 0.3) is 0 Å². The topological polar surface area (TPSA) is 88.0 Å². The van der Waals surface area contributed by atoms with Gasteiger partial charge in [-0.15, -0.1) is 0 Å². The van der Waals surface area contributed by atoms with Gasteiger partial charge in [-0.25, -0.2) is 4.79 Å². The standard InChI is InChI=1S/C15H13N3O3/c1-20-13-5-3-10(4-6-13)14-12(9-17-18-14)7-11(8-16)15(19)21-2/h3-7,9H,1-2H3,(H,17,18)/b11-7+. The normalized spacial score (nSPS) is 10.8. The molecule has 0 atom stereocenters. The van der Waals surface area contributed by atoms with Crippen LogP contribution in [0, 0.1) is 11.3 Å². The summed E-state index contributed by atoms with van der Waals surface area (Å²) in [5.74, 6) is 0.0574. The van der Waals surface area contributed by atoms with Crippen LogP contribution in [-0.2, 0) is 9.53 Å². The van der Waals surface area contributed by atoms with Crippen LogP contribution in [0.15, 0.2) is 36.0 Å². The van der Waals surface area contributed by atoms with Gasteiger partial charge in [-0.2, -0.15) is 10.4 Å². The second kappa shape index (κ2) is 6.39. The van der Waals surface area contributed by atoms with Crippen molar-refractivity contribution in [3.05, 3.63) is 41.6 Å². The van der Waals surface area contributed by atoms with Crippen molar-refractivity contribution in [1.29, 1.82) is 5.26 Å². The number of methoxy groups -OCH3 is 2. The van der Waals surface area contributed by atoms with Crippen LogP contribution in [0.1, 0.15) is 5.56 Å². The fraction of sp³-hybridized carbons (Fsp3) is 0.133. The summed E-state index contributed by atoms with van der Waals surface area (Å²) in [5, 5.41) is 15.8. The average molecular weight is 283 g/mol. The zero-order chi connectivity index (χ0) is 15.2. The zero-order valence-corrected chi connectivity index (χ0v) is 11.6. The molecule has 0 aliphatic carbocycles. The summed E-state index contributed by atoms with van der Waals surface area (Å²) in [7, 11) is 2.82. The molecule has 0 spiro atoms. The highest BCUT2D eigenvalue weighted by Gasteiger charge is 2.12. The molecule has 0 saturated carbocycles. The molecule has 0 unspecified atom stereocenters. The van der Waals surface area contributed by atoms with Crippen LogP contribution in [0.5, 0.6) is 5.75 Å². The molecule has 6 nitrogen and oxygen atoms in total. The maximum atomic E-state index is 11.4. The Labute approximate surface area is 121 Å². The van der Waals surface area contributed by atoms with Gasteiger partial charge in [0.05, 0.1) is 26.1 Å².